The third-order valence-electron chi connectivity index (χ3n) is 3.60. The molecule has 5 heteroatoms. The summed E-state index contributed by atoms with van der Waals surface area (Å²) in [7, 11) is 2.05. The Morgan fingerprint density at radius 2 is 1.95 bits per heavy atom. The maximum Gasteiger partial charge on any atom is 0.251 e. The second-order valence-electron chi connectivity index (χ2n) is 5.22. The van der Waals surface area contributed by atoms with Gasteiger partial charge in [-0.2, -0.15) is 0 Å². The van der Waals surface area contributed by atoms with E-state index in [9.17, 15) is 9.90 Å². The first-order valence-electron chi connectivity index (χ1n) is 6.43. The van der Waals surface area contributed by atoms with Crippen LogP contribution < -0.4 is 5.32 Å². The Hall–Kier alpha value is -0.660. The maximum atomic E-state index is 12.0. The molecule has 104 valence electrons. The molecule has 0 unspecified atom stereocenters. The minimum absolute atomic E-state index is 0.122. The van der Waals surface area contributed by atoms with E-state index in [0.717, 1.165) is 16.7 Å². The summed E-state index contributed by atoms with van der Waals surface area (Å²) in [5.41, 5.74) is -0.122. The van der Waals surface area contributed by atoms with E-state index in [-0.39, 0.29) is 5.91 Å². The van der Waals surface area contributed by atoms with E-state index < -0.39 is 5.60 Å². The number of hydrogen-bond donors (Lipinski definition) is 2. The average molecular weight is 374 g/mol. The van der Waals surface area contributed by atoms with E-state index in [2.05, 4.69) is 32.8 Å². The van der Waals surface area contributed by atoms with Crippen molar-refractivity contribution in [2.75, 3.05) is 26.7 Å². The molecule has 1 saturated heterocycles. The molecule has 0 aliphatic carbocycles. The summed E-state index contributed by atoms with van der Waals surface area (Å²) in [6.45, 7) is 2.07. The van der Waals surface area contributed by atoms with Gasteiger partial charge in [-0.1, -0.05) is 0 Å². The Morgan fingerprint density at radius 3 is 2.53 bits per heavy atom. The molecule has 1 fully saturated rings. The quantitative estimate of drug-likeness (QED) is 0.789. The topological polar surface area (TPSA) is 52.6 Å². The number of piperidine rings is 1. The van der Waals surface area contributed by atoms with E-state index in [1.807, 2.05) is 19.2 Å². The summed E-state index contributed by atoms with van der Waals surface area (Å²) in [6.07, 6.45) is 1.41. The zero-order chi connectivity index (χ0) is 13.9. The van der Waals surface area contributed by atoms with Gasteiger partial charge in [-0.3, -0.25) is 4.79 Å². The van der Waals surface area contributed by atoms with Crippen molar-refractivity contribution in [3.8, 4) is 0 Å². The first-order valence-corrected chi connectivity index (χ1v) is 7.51. The summed E-state index contributed by atoms with van der Waals surface area (Å²) in [4.78, 5) is 14.2. The molecule has 1 aromatic rings. The van der Waals surface area contributed by atoms with E-state index >= 15 is 0 Å². The second-order valence-corrected chi connectivity index (χ2v) is 6.46. The lowest BCUT2D eigenvalue weighted by molar-refractivity contribution is -0.0135. The lowest BCUT2D eigenvalue weighted by Gasteiger charge is -2.36. The zero-order valence-corrected chi connectivity index (χ0v) is 13.2. The SMILES string of the molecule is CN1CCC(O)(CNC(=O)c2ccc(I)cc2)CC1. The van der Waals surface area contributed by atoms with Crippen LogP contribution >= 0.6 is 22.6 Å². The monoisotopic (exact) mass is 374 g/mol. The van der Waals surface area contributed by atoms with Crippen LogP contribution in [0.5, 0.6) is 0 Å². The minimum Gasteiger partial charge on any atom is -0.388 e. The van der Waals surface area contributed by atoms with Gasteiger partial charge in [0, 0.05) is 28.8 Å². The lowest BCUT2D eigenvalue weighted by atomic mass is 9.91. The average Bonchev–Trinajstić information content (AvgIpc) is 2.41. The van der Waals surface area contributed by atoms with Crippen molar-refractivity contribution in [1.82, 2.24) is 10.2 Å². The van der Waals surface area contributed by atoms with Crippen molar-refractivity contribution in [2.45, 2.75) is 18.4 Å². The molecule has 0 aromatic heterocycles. The van der Waals surface area contributed by atoms with Crippen LogP contribution in [0.15, 0.2) is 24.3 Å². The van der Waals surface area contributed by atoms with Crippen LogP contribution in [0.3, 0.4) is 0 Å². The number of likely N-dealkylation sites (tertiary alicyclic amines) is 1. The van der Waals surface area contributed by atoms with E-state index in [1.54, 1.807) is 12.1 Å². The highest BCUT2D eigenvalue weighted by Gasteiger charge is 2.31. The van der Waals surface area contributed by atoms with Crippen molar-refractivity contribution in [2.24, 2.45) is 0 Å². The van der Waals surface area contributed by atoms with Gasteiger partial charge in [0.15, 0.2) is 0 Å². The molecular weight excluding hydrogens is 355 g/mol. The third-order valence-corrected chi connectivity index (χ3v) is 4.32. The molecular formula is C14H19IN2O2. The number of nitrogens with zero attached hydrogens (tertiary/aromatic N) is 1. The van der Waals surface area contributed by atoms with Crippen LogP contribution in [0.25, 0.3) is 0 Å². The molecule has 1 heterocycles. The van der Waals surface area contributed by atoms with Crippen LogP contribution in [-0.2, 0) is 0 Å². The first-order chi connectivity index (χ1) is 8.98. The highest BCUT2D eigenvalue weighted by Crippen LogP contribution is 2.20. The third kappa shape index (κ3) is 4.15. The van der Waals surface area contributed by atoms with E-state index in [4.69, 9.17) is 0 Å². The molecule has 4 nitrogen and oxygen atoms in total. The molecule has 0 spiro atoms. The normalized spacial score (nSPS) is 19.1. The van der Waals surface area contributed by atoms with E-state index in [1.165, 1.54) is 0 Å². The van der Waals surface area contributed by atoms with Crippen LogP contribution in [0.4, 0.5) is 0 Å². The van der Waals surface area contributed by atoms with Gasteiger partial charge < -0.3 is 15.3 Å². The maximum absolute atomic E-state index is 12.0. The van der Waals surface area contributed by atoms with Crippen LogP contribution in [0.2, 0.25) is 0 Å². The Bertz CT molecular complexity index is 439. The van der Waals surface area contributed by atoms with Crippen molar-refractivity contribution >= 4 is 28.5 Å². The number of carbonyl (C=O) groups is 1. The zero-order valence-electron chi connectivity index (χ0n) is 11.0. The summed E-state index contributed by atoms with van der Waals surface area (Å²) in [6, 6.07) is 7.41. The van der Waals surface area contributed by atoms with Crippen molar-refractivity contribution in [3.05, 3.63) is 33.4 Å². The second kappa shape index (κ2) is 6.19. The largest absolute Gasteiger partial charge is 0.388 e. The number of halogens is 1. The Kier molecular flexibility index (Phi) is 4.81. The summed E-state index contributed by atoms with van der Waals surface area (Å²) in [5, 5.41) is 13.2. The standard InChI is InChI=1S/C14H19IN2O2/c1-17-8-6-14(19,7-9-17)10-16-13(18)11-2-4-12(15)5-3-11/h2-5,19H,6-10H2,1H3,(H,16,18). The molecule has 0 radical (unpaired) electrons. The van der Waals surface area contributed by atoms with Crippen LogP contribution in [0, 0.1) is 3.57 Å². The fourth-order valence-electron chi connectivity index (χ4n) is 2.16. The van der Waals surface area contributed by atoms with Gasteiger partial charge in [-0.05, 0) is 66.7 Å². The van der Waals surface area contributed by atoms with E-state index in [0.29, 0.717) is 24.9 Å². The fraction of sp³-hybridized carbons (Fsp3) is 0.500. The number of hydrogen-bond acceptors (Lipinski definition) is 3. The fourth-order valence-corrected chi connectivity index (χ4v) is 2.52. The number of aliphatic hydroxyl groups is 1. The minimum atomic E-state index is -0.759. The number of nitrogens with one attached hydrogen (secondary N) is 1. The van der Waals surface area contributed by atoms with Gasteiger partial charge in [0.25, 0.3) is 5.91 Å². The summed E-state index contributed by atoms with van der Waals surface area (Å²) < 4.78 is 1.10. The van der Waals surface area contributed by atoms with Gasteiger partial charge in [-0.15, -0.1) is 0 Å². The smallest absolute Gasteiger partial charge is 0.251 e. The van der Waals surface area contributed by atoms with Crippen molar-refractivity contribution in [3.63, 3.8) is 0 Å². The molecule has 0 atom stereocenters. The van der Waals surface area contributed by atoms with Gasteiger partial charge in [0.2, 0.25) is 0 Å². The van der Waals surface area contributed by atoms with Gasteiger partial charge in [0.1, 0.15) is 0 Å². The Balaban J connectivity index is 1.88. The summed E-state index contributed by atoms with van der Waals surface area (Å²) >= 11 is 2.20. The number of amides is 1. The molecule has 1 aliphatic heterocycles. The summed E-state index contributed by atoms with van der Waals surface area (Å²) in [5.74, 6) is -0.122. The Morgan fingerprint density at radius 1 is 1.37 bits per heavy atom. The first kappa shape index (κ1) is 14.7. The molecule has 1 aliphatic rings. The predicted molar refractivity (Wildman–Crippen MR) is 83.2 cm³/mol. The highest BCUT2D eigenvalue weighted by molar-refractivity contribution is 14.1. The van der Waals surface area contributed by atoms with Crippen molar-refractivity contribution < 1.29 is 9.90 Å². The molecule has 19 heavy (non-hydrogen) atoms. The molecule has 1 amide bonds. The van der Waals surface area contributed by atoms with Gasteiger partial charge in [0.05, 0.1) is 5.60 Å². The number of rotatable bonds is 3. The molecule has 1 aromatic carbocycles. The van der Waals surface area contributed by atoms with Gasteiger partial charge in [-0.25, -0.2) is 0 Å². The number of carbonyl (C=O) groups excluding carboxylic acids is 1. The Labute approximate surface area is 127 Å². The lowest BCUT2D eigenvalue weighted by Crippen LogP contribution is -2.50. The molecule has 0 saturated carbocycles. The van der Waals surface area contributed by atoms with Crippen LogP contribution in [-0.4, -0.2) is 48.2 Å². The number of benzene rings is 1. The molecule has 2 rings (SSSR count). The predicted octanol–water partition coefficient (Wildman–Crippen LogP) is 1.48. The van der Waals surface area contributed by atoms with Crippen LogP contribution in [0.1, 0.15) is 23.2 Å². The molecule has 0 bridgehead atoms. The van der Waals surface area contributed by atoms with Gasteiger partial charge >= 0.3 is 0 Å². The molecule has 2 N–H and O–H groups in total. The van der Waals surface area contributed by atoms with Crippen molar-refractivity contribution in [1.29, 1.82) is 0 Å². The highest BCUT2D eigenvalue weighted by atomic mass is 127.